The number of aromatic carboxylic acids is 1. The van der Waals surface area contributed by atoms with Crippen LogP contribution >= 0.6 is 34.7 Å². The van der Waals surface area contributed by atoms with E-state index >= 15 is 0 Å². The topological polar surface area (TPSA) is 127 Å². The second-order valence-corrected chi connectivity index (χ2v) is 10.3. The van der Waals surface area contributed by atoms with Gasteiger partial charge in [-0.3, -0.25) is 5.32 Å². The quantitative estimate of drug-likeness (QED) is 0.265. The largest absolute Gasteiger partial charge is 0.477 e. The van der Waals surface area contributed by atoms with E-state index in [0.29, 0.717) is 22.2 Å². The summed E-state index contributed by atoms with van der Waals surface area (Å²) in [4.78, 5) is 28.9. The molecule has 1 aromatic carbocycles. The lowest BCUT2D eigenvalue weighted by molar-refractivity contribution is 0.0693. The Bertz CT molecular complexity index is 1060. The molecule has 0 spiro atoms. The van der Waals surface area contributed by atoms with Crippen molar-refractivity contribution in [2.45, 2.75) is 32.8 Å². The first-order chi connectivity index (χ1) is 17.8. The summed E-state index contributed by atoms with van der Waals surface area (Å²) in [5, 5.41) is 24.8. The first-order valence-corrected chi connectivity index (χ1v) is 13.7. The highest BCUT2D eigenvalue weighted by Gasteiger charge is 2.24. The fourth-order valence-electron chi connectivity index (χ4n) is 3.93. The molecule has 0 radical (unpaired) electrons. The zero-order valence-electron chi connectivity index (χ0n) is 20.8. The van der Waals surface area contributed by atoms with Crippen molar-refractivity contribution in [1.82, 2.24) is 19.5 Å². The molecule has 0 aliphatic carbocycles. The Morgan fingerprint density at radius 2 is 1.76 bits per heavy atom. The van der Waals surface area contributed by atoms with Crippen LogP contribution in [0, 0.1) is 6.92 Å². The minimum atomic E-state index is -1.26. The number of hydrogen-bond acceptors (Lipinski definition) is 8. The van der Waals surface area contributed by atoms with Gasteiger partial charge in [-0.05, 0) is 49.8 Å². The number of aliphatic hydroxyl groups excluding tert-OH is 1. The number of hydrogen-bond donors (Lipinski definition) is 4. The second kappa shape index (κ2) is 14.7. The molecule has 1 aliphatic rings. The molecule has 0 saturated carbocycles. The average molecular weight is 575 g/mol. The first-order valence-electron chi connectivity index (χ1n) is 12.2. The van der Waals surface area contributed by atoms with E-state index in [1.54, 1.807) is 12.1 Å². The Morgan fingerprint density at radius 3 is 2.41 bits per heavy atom. The molecular weight excluding hydrogens is 541 g/mol. The molecule has 2 amide bonds. The number of anilines is 1. The molecule has 2 heterocycles. The fourth-order valence-corrected chi connectivity index (χ4v) is 5.11. The number of carboxylic acids is 1. The van der Waals surface area contributed by atoms with Crippen LogP contribution in [-0.2, 0) is 6.61 Å². The highest BCUT2D eigenvalue weighted by molar-refractivity contribution is 7.11. The Balaban J connectivity index is 1.41. The van der Waals surface area contributed by atoms with Crippen LogP contribution < -0.4 is 15.4 Å². The van der Waals surface area contributed by atoms with Crippen LogP contribution in [-0.4, -0.2) is 88.8 Å². The lowest BCUT2D eigenvalue weighted by atomic mass is 10.1. The summed E-state index contributed by atoms with van der Waals surface area (Å²) in [5.74, 6) is -1.36. The summed E-state index contributed by atoms with van der Waals surface area (Å²) in [6.07, 6.45) is 2.57. The summed E-state index contributed by atoms with van der Waals surface area (Å²) in [7, 11) is 0. The minimum Gasteiger partial charge on any atom is -0.477 e. The van der Waals surface area contributed by atoms with E-state index in [2.05, 4.69) is 24.8 Å². The molecule has 10 nitrogen and oxygen atoms in total. The number of ether oxygens (including phenoxy) is 1. The third-order valence-corrected chi connectivity index (χ3v) is 7.87. The van der Waals surface area contributed by atoms with Gasteiger partial charge in [-0.15, -0.1) is 0 Å². The smallest absolute Gasteiger partial charge is 0.344 e. The number of aliphatic hydroxyl groups is 1. The highest BCUT2D eigenvalue weighted by Crippen LogP contribution is 2.33. The van der Waals surface area contributed by atoms with Gasteiger partial charge in [0.15, 0.2) is 5.56 Å². The number of carbonyl (C=O) groups excluding carboxylic acids is 1. The molecule has 0 unspecified atom stereocenters. The van der Waals surface area contributed by atoms with Crippen molar-refractivity contribution in [3.8, 4) is 5.88 Å². The minimum absolute atomic E-state index is 0.0216. The molecule has 1 saturated heterocycles. The number of benzene rings is 1. The van der Waals surface area contributed by atoms with E-state index in [4.69, 9.17) is 33.0 Å². The monoisotopic (exact) mass is 573 g/mol. The lowest BCUT2D eigenvalue weighted by Crippen LogP contribution is -2.46. The van der Waals surface area contributed by atoms with E-state index in [9.17, 15) is 14.7 Å². The van der Waals surface area contributed by atoms with Crippen molar-refractivity contribution in [3.63, 3.8) is 0 Å². The molecule has 2 aromatic rings. The van der Waals surface area contributed by atoms with Gasteiger partial charge in [0.1, 0.15) is 11.6 Å². The molecular formula is C24H33Cl2N5O5S. The van der Waals surface area contributed by atoms with E-state index in [1.807, 2.05) is 6.92 Å². The molecule has 4 N–H and O–H groups in total. The number of nitrogens with zero attached hydrogens (tertiary/aromatic N) is 3. The molecule has 1 aliphatic heterocycles. The number of unbranched alkanes of at least 4 members (excludes halogenated alkanes) is 1. The van der Waals surface area contributed by atoms with Gasteiger partial charge in [-0.1, -0.05) is 35.3 Å². The first kappa shape index (κ1) is 29.4. The molecule has 0 atom stereocenters. The number of rotatable bonds is 13. The van der Waals surface area contributed by atoms with Gasteiger partial charge in [0.2, 0.25) is 5.88 Å². The maximum absolute atomic E-state index is 12.3. The van der Waals surface area contributed by atoms with Crippen LogP contribution in [0.25, 0.3) is 0 Å². The van der Waals surface area contributed by atoms with Gasteiger partial charge < -0.3 is 30.1 Å². The predicted molar refractivity (Wildman–Crippen MR) is 145 cm³/mol. The maximum Gasteiger partial charge on any atom is 0.344 e. The summed E-state index contributed by atoms with van der Waals surface area (Å²) >= 11 is 13.3. The van der Waals surface area contributed by atoms with E-state index < -0.39 is 12.0 Å². The zero-order valence-corrected chi connectivity index (χ0v) is 23.1. The Kier molecular flexibility index (Phi) is 11.7. The SMILES string of the molecule is Cc1ccc(COc2nsc(NC(=O)NCCCCN3CCN(CCCO)CC3)c2C(=O)O)c(Cl)c1Cl. The third-order valence-electron chi connectivity index (χ3n) is 6.11. The number of carboxylic acid groups (broad SMARTS) is 1. The third kappa shape index (κ3) is 8.69. The van der Waals surface area contributed by atoms with Crippen LogP contribution in [0.15, 0.2) is 12.1 Å². The van der Waals surface area contributed by atoms with Crippen molar-refractivity contribution < 1.29 is 24.5 Å². The van der Waals surface area contributed by atoms with Crippen LogP contribution in [0.4, 0.5) is 9.80 Å². The second-order valence-electron chi connectivity index (χ2n) is 8.80. The molecule has 0 bridgehead atoms. The molecule has 1 aromatic heterocycles. The van der Waals surface area contributed by atoms with Crippen molar-refractivity contribution in [2.24, 2.45) is 0 Å². The van der Waals surface area contributed by atoms with Crippen molar-refractivity contribution in [2.75, 3.05) is 57.7 Å². The van der Waals surface area contributed by atoms with Crippen LogP contribution in [0.5, 0.6) is 5.88 Å². The fraction of sp³-hybridized carbons (Fsp3) is 0.542. The maximum atomic E-state index is 12.3. The summed E-state index contributed by atoms with van der Waals surface area (Å²) in [5.41, 5.74) is 1.20. The van der Waals surface area contributed by atoms with Crippen molar-refractivity contribution in [3.05, 3.63) is 38.9 Å². The Hall–Kier alpha value is -2.15. The predicted octanol–water partition coefficient (Wildman–Crippen LogP) is 3.94. The van der Waals surface area contributed by atoms with E-state index in [-0.39, 0.29) is 29.7 Å². The number of nitrogens with one attached hydrogen (secondary N) is 2. The van der Waals surface area contributed by atoms with Crippen LogP contribution in [0.1, 0.15) is 40.7 Å². The summed E-state index contributed by atoms with van der Waals surface area (Å²) in [6.45, 7) is 8.46. The summed E-state index contributed by atoms with van der Waals surface area (Å²) in [6, 6.07) is 3.05. The molecule has 13 heteroatoms. The van der Waals surface area contributed by atoms with Gasteiger partial charge in [0.25, 0.3) is 0 Å². The molecule has 37 heavy (non-hydrogen) atoms. The number of aryl methyl sites for hydroxylation is 1. The average Bonchev–Trinajstić information content (AvgIpc) is 3.28. The van der Waals surface area contributed by atoms with Gasteiger partial charge >= 0.3 is 12.0 Å². The molecule has 1 fully saturated rings. The Labute approximate surface area is 230 Å². The van der Waals surface area contributed by atoms with Crippen LogP contribution in [0.2, 0.25) is 10.0 Å². The zero-order chi connectivity index (χ0) is 26.8. The van der Waals surface area contributed by atoms with Gasteiger partial charge in [-0.2, -0.15) is 4.37 Å². The van der Waals surface area contributed by atoms with Crippen LogP contribution in [0.3, 0.4) is 0 Å². The number of piperazine rings is 1. The Morgan fingerprint density at radius 1 is 1.08 bits per heavy atom. The van der Waals surface area contributed by atoms with Gasteiger partial charge in [0, 0.05) is 51.4 Å². The molecule has 3 rings (SSSR count). The van der Waals surface area contributed by atoms with Crippen molar-refractivity contribution in [1.29, 1.82) is 0 Å². The normalized spacial score (nSPS) is 14.5. The number of urea groups is 1. The standard InChI is InChI=1S/C24H33Cl2N5O5S/c1-16-5-6-17(20(26)19(16)25)15-36-21-18(23(33)34)22(37-29-21)28-24(35)27-7-2-3-8-30-10-12-31(13-11-30)9-4-14-32/h5-6,32H,2-4,7-15H2,1H3,(H,33,34)(H2,27,28,35). The van der Waals surface area contributed by atoms with Gasteiger partial charge in [0.05, 0.1) is 10.0 Å². The number of halogens is 2. The molecule has 204 valence electrons. The lowest BCUT2D eigenvalue weighted by Gasteiger charge is -2.34. The number of amides is 2. The number of aromatic nitrogens is 1. The van der Waals surface area contributed by atoms with Crippen molar-refractivity contribution >= 4 is 51.7 Å². The van der Waals surface area contributed by atoms with E-state index in [0.717, 1.165) is 75.6 Å². The number of carbonyl (C=O) groups is 2. The highest BCUT2D eigenvalue weighted by atomic mass is 35.5. The van der Waals surface area contributed by atoms with E-state index in [1.165, 1.54) is 0 Å². The summed E-state index contributed by atoms with van der Waals surface area (Å²) < 4.78 is 9.66. The van der Waals surface area contributed by atoms with Gasteiger partial charge in [-0.25, -0.2) is 9.59 Å².